The molecule has 0 aliphatic carbocycles. The lowest BCUT2D eigenvalue weighted by molar-refractivity contribution is 0.0525. The Morgan fingerprint density at radius 1 is 1.03 bits per heavy atom. The van der Waals surface area contributed by atoms with Crippen molar-refractivity contribution in [2.75, 3.05) is 12.9 Å². The van der Waals surface area contributed by atoms with E-state index >= 15 is 0 Å². The van der Waals surface area contributed by atoms with E-state index in [1.165, 1.54) is 23.7 Å². The van der Waals surface area contributed by atoms with Gasteiger partial charge in [0, 0.05) is 16.8 Å². The van der Waals surface area contributed by atoms with Crippen LogP contribution in [0.25, 0.3) is 26.7 Å². The predicted molar refractivity (Wildman–Crippen MR) is 128 cm³/mol. The lowest BCUT2D eigenvalue weighted by Gasteiger charge is -2.12. The molecule has 0 atom stereocenters. The van der Waals surface area contributed by atoms with Gasteiger partial charge in [0.1, 0.15) is 5.82 Å². The summed E-state index contributed by atoms with van der Waals surface area (Å²) < 4.78 is 45.6. The molecule has 2 aromatic heterocycles. The van der Waals surface area contributed by atoms with Crippen molar-refractivity contribution in [2.24, 2.45) is 0 Å². The van der Waals surface area contributed by atoms with Gasteiger partial charge in [0.15, 0.2) is 9.84 Å². The summed E-state index contributed by atoms with van der Waals surface area (Å²) in [6, 6.07) is 18.6. The van der Waals surface area contributed by atoms with E-state index in [1.54, 1.807) is 60.9 Å². The van der Waals surface area contributed by atoms with Gasteiger partial charge in [0.25, 0.3) is 0 Å². The molecule has 170 valence electrons. The highest BCUT2D eigenvalue weighted by Crippen LogP contribution is 2.38. The molecule has 0 bridgehead atoms. The number of para-hydroxylation sites is 1. The molecule has 5 nitrogen and oxygen atoms in total. The van der Waals surface area contributed by atoms with Crippen LogP contribution in [0, 0.1) is 12.7 Å². The number of aromatic nitrogens is 1. The van der Waals surface area contributed by atoms with Crippen LogP contribution in [0.3, 0.4) is 0 Å². The van der Waals surface area contributed by atoms with E-state index < -0.39 is 21.6 Å². The van der Waals surface area contributed by atoms with Crippen molar-refractivity contribution in [3.8, 4) is 26.7 Å². The Morgan fingerprint density at radius 3 is 2.45 bits per heavy atom. The number of hydrogen-bond donors (Lipinski definition) is 0. The Kier molecular flexibility index (Phi) is 6.23. The largest absolute Gasteiger partial charge is 0.462 e. The first kappa shape index (κ1) is 22.9. The number of halogens is 1. The van der Waals surface area contributed by atoms with E-state index in [-0.39, 0.29) is 11.5 Å². The van der Waals surface area contributed by atoms with Crippen LogP contribution < -0.4 is 0 Å². The van der Waals surface area contributed by atoms with Crippen LogP contribution in [0.15, 0.2) is 71.6 Å². The zero-order valence-corrected chi connectivity index (χ0v) is 20.0. The van der Waals surface area contributed by atoms with Crippen molar-refractivity contribution < 1.29 is 22.3 Å². The van der Waals surface area contributed by atoms with Gasteiger partial charge >= 0.3 is 5.97 Å². The number of nitrogens with zero attached hydrogens (tertiary/aromatic N) is 1. The van der Waals surface area contributed by atoms with Crippen molar-refractivity contribution in [2.45, 2.75) is 18.7 Å². The molecule has 0 aliphatic rings. The molecule has 0 spiro atoms. The van der Waals surface area contributed by atoms with Crippen molar-refractivity contribution >= 4 is 27.1 Å². The third-order valence-electron chi connectivity index (χ3n) is 5.24. The van der Waals surface area contributed by atoms with Crippen LogP contribution in [0.2, 0.25) is 0 Å². The second kappa shape index (κ2) is 8.96. The number of ether oxygens (including phenoxy) is 1. The molecule has 0 saturated carbocycles. The SMILES string of the molecule is CCOC(=O)c1cc(-c2ccc(-c3cccc(S(C)(=O)=O)c3)s2)n(-c2ccccc2F)c1C. The molecule has 0 unspecified atom stereocenters. The number of sulfone groups is 1. The summed E-state index contributed by atoms with van der Waals surface area (Å²) >= 11 is 1.43. The molecule has 33 heavy (non-hydrogen) atoms. The first-order valence-electron chi connectivity index (χ1n) is 10.3. The van der Waals surface area contributed by atoms with Crippen LogP contribution in [0.5, 0.6) is 0 Å². The van der Waals surface area contributed by atoms with Gasteiger partial charge in [-0.3, -0.25) is 0 Å². The van der Waals surface area contributed by atoms with E-state index in [0.29, 0.717) is 22.6 Å². The zero-order chi connectivity index (χ0) is 23.8. The van der Waals surface area contributed by atoms with E-state index in [2.05, 4.69) is 0 Å². The van der Waals surface area contributed by atoms with Gasteiger partial charge in [-0.25, -0.2) is 17.6 Å². The number of thiophene rings is 1. The maximum Gasteiger partial charge on any atom is 0.339 e. The lowest BCUT2D eigenvalue weighted by Crippen LogP contribution is -2.07. The Hall–Kier alpha value is -3.23. The van der Waals surface area contributed by atoms with E-state index in [4.69, 9.17) is 4.74 Å². The number of carbonyl (C=O) groups is 1. The average Bonchev–Trinajstić information content (AvgIpc) is 3.39. The molecule has 0 aliphatic heterocycles. The summed E-state index contributed by atoms with van der Waals surface area (Å²) in [5.74, 6) is -0.880. The molecule has 0 radical (unpaired) electrons. The Morgan fingerprint density at radius 2 is 1.76 bits per heavy atom. The molecule has 2 aromatic carbocycles. The Bertz CT molecular complexity index is 1450. The third-order valence-corrected chi connectivity index (χ3v) is 7.51. The average molecular weight is 484 g/mol. The molecule has 8 heteroatoms. The summed E-state index contributed by atoms with van der Waals surface area (Å²) in [5, 5.41) is 0. The molecule has 0 saturated heterocycles. The fourth-order valence-electron chi connectivity index (χ4n) is 3.66. The first-order chi connectivity index (χ1) is 15.7. The Labute approximate surface area is 196 Å². The number of rotatable bonds is 6. The maximum atomic E-state index is 14.7. The number of esters is 1. The summed E-state index contributed by atoms with van der Waals surface area (Å²) in [6.07, 6.45) is 1.17. The third kappa shape index (κ3) is 4.49. The minimum Gasteiger partial charge on any atom is -0.462 e. The van der Waals surface area contributed by atoms with Gasteiger partial charge in [0.05, 0.1) is 33.3 Å². The van der Waals surface area contributed by atoms with Crippen molar-refractivity contribution in [1.82, 2.24) is 4.57 Å². The van der Waals surface area contributed by atoms with Crippen molar-refractivity contribution in [3.05, 3.63) is 83.8 Å². The summed E-state index contributed by atoms with van der Waals surface area (Å²) in [5.41, 5.74) is 2.68. The summed E-state index contributed by atoms with van der Waals surface area (Å²) in [6.45, 7) is 3.72. The minimum atomic E-state index is -3.34. The van der Waals surface area contributed by atoms with Crippen LogP contribution in [0.1, 0.15) is 23.0 Å². The second-order valence-corrected chi connectivity index (χ2v) is 10.6. The van der Waals surface area contributed by atoms with E-state index in [1.807, 2.05) is 18.2 Å². The minimum absolute atomic E-state index is 0.234. The number of hydrogen-bond acceptors (Lipinski definition) is 5. The van der Waals surface area contributed by atoms with E-state index in [9.17, 15) is 17.6 Å². The number of carbonyl (C=O) groups excluding carboxylic acids is 1. The van der Waals surface area contributed by atoms with Gasteiger partial charge in [-0.15, -0.1) is 11.3 Å². The second-order valence-electron chi connectivity index (χ2n) is 7.50. The van der Waals surface area contributed by atoms with Crippen LogP contribution in [0.4, 0.5) is 4.39 Å². The predicted octanol–water partition coefficient (Wildman–Crippen LogP) is 5.90. The first-order valence-corrected chi connectivity index (χ1v) is 13.0. The van der Waals surface area contributed by atoms with Crippen LogP contribution in [-0.4, -0.2) is 31.8 Å². The van der Waals surface area contributed by atoms with Gasteiger partial charge < -0.3 is 9.30 Å². The monoisotopic (exact) mass is 483 g/mol. The molecule has 0 amide bonds. The van der Waals surface area contributed by atoms with Gasteiger partial charge in [0.2, 0.25) is 0 Å². The fraction of sp³-hybridized carbons (Fsp3) is 0.160. The standard InChI is InChI=1S/C25H22FNO4S2/c1-4-31-25(28)19-15-22(27(16(19)2)21-11-6-5-10-20(21)26)24-13-12-23(32-24)17-8-7-9-18(14-17)33(3,29)30/h5-15H,4H2,1-3H3. The molecule has 4 aromatic rings. The van der Waals surface area contributed by atoms with Gasteiger partial charge in [-0.1, -0.05) is 24.3 Å². The van der Waals surface area contributed by atoms with E-state index in [0.717, 1.165) is 15.3 Å². The molecule has 4 rings (SSSR count). The molecular weight excluding hydrogens is 461 g/mol. The molecular formula is C25H22FNO4S2. The zero-order valence-electron chi connectivity index (χ0n) is 18.3. The summed E-state index contributed by atoms with van der Waals surface area (Å²) in [4.78, 5) is 14.5. The summed E-state index contributed by atoms with van der Waals surface area (Å²) in [7, 11) is -3.34. The topological polar surface area (TPSA) is 65.4 Å². The van der Waals surface area contributed by atoms with Crippen LogP contribution in [-0.2, 0) is 14.6 Å². The Balaban J connectivity index is 1.87. The highest BCUT2D eigenvalue weighted by molar-refractivity contribution is 7.90. The van der Waals surface area contributed by atoms with Crippen LogP contribution >= 0.6 is 11.3 Å². The normalized spacial score (nSPS) is 11.5. The lowest BCUT2D eigenvalue weighted by atomic mass is 10.2. The smallest absolute Gasteiger partial charge is 0.339 e. The quantitative estimate of drug-likeness (QED) is 0.320. The van der Waals surface area contributed by atoms with Crippen molar-refractivity contribution in [3.63, 3.8) is 0 Å². The van der Waals surface area contributed by atoms with Crippen molar-refractivity contribution in [1.29, 1.82) is 0 Å². The maximum absolute atomic E-state index is 14.7. The highest BCUT2D eigenvalue weighted by atomic mass is 32.2. The van der Waals surface area contributed by atoms with Gasteiger partial charge in [-0.05, 0) is 61.9 Å². The molecule has 0 N–H and O–H groups in total. The number of benzene rings is 2. The highest BCUT2D eigenvalue weighted by Gasteiger charge is 2.23. The molecule has 0 fully saturated rings. The fourth-order valence-corrected chi connectivity index (χ4v) is 5.33. The van der Waals surface area contributed by atoms with Gasteiger partial charge in [-0.2, -0.15) is 0 Å². The molecule has 2 heterocycles.